The van der Waals surface area contributed by atoms with E-state index >= 15 is 0 Å². The Morgan fingerprint density at radius 1 is 0.822 bits per heavy atom. The van der Waals surface area contributed by atoms with Crippen LogP contribution in [0, 0.1) is 18.3 Å². The average molecular weight is 613 g/mol. The highest BCUT2D eigenvalue weighted by Crippen LogP contribution is 2.27. The molecule has 45 heavy (non-hydrogen) atoms. The number of ether oxygens (including phenoxy) is 2. The van der Waals surface area contributed by atoms with Crippen LogP contribution in [-0.4, -0.2) is 29.4 Å². The molecule has 7 heteroatoms. The summed E-state index contributed by atoms with van der Waals surface area (Å²) in [6, 6.07) is 24.1. The normalized spacial score (nSPS) is 13.9. The van der Waals surface area contributed by atoms with Crippen LogP contribution in [0.5, 0.6) is 11.5 Å². The molecule has 0 fully saturated rings. The fourth-order valence-electron chi connectivity index (χ4n) is 4.80. The SMILES string of the molecule is Cc1cc(/C=C/C[C@H](CC(=O)OC(C)(C)C)C(=O)N[C@H](C(=O)N[C@H](C)c2ccccc2)C(C)(C)C)ccc1Oc1ccccc1. The monoisotopic (exact) mass is 612 g/mol. The van der Waals surface area contributed by atoms with Gasteiger partial charge in [0, 0.05) is 0 Å². The van der Waals surface area contributed by atoms with Gasteiger partial charge in [-0.15, -0.1) is 0 Å². The van der Waals surface area contributed by atoms with Gasteiger partial charge >= 0.3 is 5.97 Å². The minimum absolute atomic E-state index is 0.116. The molecule has 0 unspecified atom stereocenters. The van der Waals surface area contributed by atoms with E-state index in [1.807, 2.05) is 126 Å². The minimum Gasteiger partial charge on any atom is -0.460 e. The number of aryl methyl sites for hydroxylation is 1. The molecule has 0 aliphatic heterocycles. The molecule has 3 aromatic carbocycles. The highest BCUT2D eigenvalue weighted by molar-refractivity contribution is 5.91. The summed E-state index contributed by atoms with van der Waals surface area (Å²) in [6.45, 7) is 15.0. The second-order valence-corrected chi connectivity index (χ2v) is 13.5. The van der Waals surface area contributed by atoms with Crippen LogP contribution >= 0.6 is 0 Å². The average Bonchev–Trinajstić information content (AvgIpc) is 2.96. The molecule has 0 heterocycles. The van der Waals surface area contributed by atoms with Gasteiger partial charge in [0.2, 0.25) is 11.8 Å². The lowest BCUT2D eigenvalue weighted by Crippen LogP contribution is -2.55. The third kappa shape index (κ3) is 11.6. The summed E-state index contributed by atoms with van der Waals surface area (Å²) in [5.41, 5.74) is 1.60. The molecule has 0 bridgehead atoms. The summed E-state index contributed by atoms with van der Waals surface area (Å²) >= 11 is 0. The number of hydrogen-bond acceptors (Lipinski definition) is 5. The zero-order valence-electron chi connectivity index (χ0n) is 27.8. The molecule has 7 nitrogen and oxygen atoms in total. The molecule has 0 aliphatic carbocycles. The van der Waals surface area contributed by atoms with E-state index in [0.717, 1.165) is 28.2 Å². The zero-order chi connectivity index (χ0) is 33.2. The molecule has 3 aromatic rings. The lowest BCUT2D eigenvalue weighted by molar-refractivity contribution is -0.157. The number of benzene rings is 3. The Labute approximate surface area is 268 Å². The quantitative estimate of drug-likeness (QED) is 0.203. The van der Waals surface area contributed by atoms with Crippen LogP contribution in [0.3, 0.4) is 0 Å². The summed E-state index contributed by atoms with van der Waals surface area (Å²) in [5.74, 6) is -0.348. The van der Waals surface area contributed by atoms with Crippen molar-refractivity contribution in [2.45, 2.75) is 85.9 Å². The smallest absolute Gasteiger partial charge is 0.307 e. The predicted octanol–water partition coefficient (Wildman–Crippen LogP) is 7.95. The molecular weight excluding hydrogens is 564 g/mol. The Bertz CT molecular complexity index is 1450. The zero-order valence-corrected chi connectivity index (χ0v) is 27.8. The van der Waals surface area contributed by atoms with Crippen LogP contribution in [0.2, 0.25) is 0 Å². The summed E-state index contributed by atoms with van der Waals surface area (Å²) in [4.78, 5) is 40.0. The maximum atomic E-state index is 13.7. The second-order valence-electron chi connectivity index (χ2n) is 13.5. The first-order chi connectivity index (χ1) is 21.1. The van der Waals surface area contributed by atoms with Gasteiger partial charge in [0.15, 0.2) is 0 Å². The molecule has 3 rings (SSSR count). The standard InChI is InChI=1S/C38H48N2O5/c1-26-24-28(22-23-32(26)44-31-20-13-10-14-21-31)16-15-19-30(25-33(41)45-38(6,7)8)35(42)40-34(37(3,4)5)36(43)39-27(2)29-17-11-9-12-18-29/h9-18,20-24,27,30,34H,19,25H2,1-8H3,(H,39,43)(H,40,42)/b16-15+/t27-,30-,34-/m1/s1. The van der Waals surface area contributed by atoms with Crippen molar-refractivity contribution in [3.05, 3.63) is 102 Å². The number of carbonyl (C=O) groups excluding carboxylic acids is 3. The molecule has 0 aromatic heterocycles. The lowest BCUT2D eigenvalue weighted by Gasteiger charge is -2.32. The molecule has 0 radical (unpaired) electrons. The Kier molecular flexibility index (Phi) is 12.1. The van der Waals surface area contributed by atoms with Crippen molar-refractivity contribution >= 4 is 23.9 Å². The number of carbonyl (C=O) groups is 3. The van der Waals surface area contributed by atoms with Gasteiger partial charge in [-0.2, -0.15) is 0 Å². The van der Waals surface area contributed by atoms with Crippen LogP contribution in [0.15, 0.2) is 84.9 Å². The van der Waals surface area contributed by atoms with E-state index in [0.29, 0.717) is 0 Å². The van der Waals surface area contributed by atoms with E-state index in [1.165, 1.54) is 0 Å². The largest absolute Gasteiger partial charge is 0.460 e. The summed E-state index contributed by atoms with van der Waals surface area (Å²) in [6.07, 6.45) is 3.97. The molecule has 3 atom stereocenters. The fourth-order valence-corrected chi connectivity index (χ4v) is 4.80. The van der Waals surface area contributed by atoms with E-state index in [9.17, 15) is 14.4 Å². The number of hydrogen-bond donors (Lipinski definition) is 2. The van der Waals surface area contributed by atoms with E-state index in [4.69, 9.17) is 9.47 Å². The van der Waals surface area contributed by atoms with Crippen molar-refractivity contribution < 1.29 is 23.9 Å². The van der Waals surface area contributed by atoms with Gasteiger partial charge in [-0.05, 0) is 87.4 Å². The minimum atomic E-state index is -0.818. The van der Waals surface area contributed by atoms with Crippen LogP contribution in [0.4, 0.5) is 0 Å². The number of amides is 2. The Balaban J connectivity index is 1.75. The molecule has 0 saturated carbocycles. The lowest BCUT2D eigenvalue weighted by atomic mass is 9.85. The third-order valence-corrected chi connectivity index (χ3v) is 7.18. The predicted molar refractivity (Wildman–Crippen MR) is 180 cm³/mol. The molecular formula is C38H48N2O5. The number of esters is 1. The molecule has 0 aliphatic rings. The Morgan fingerprint density at radius 2 is 1.44 bits per heavy atom. The molecule has 0 saturated heterocycles. The van der Waals surface area contributed by atoms with Gasteiger partial charge in [-0.1, -0.05) is 87.5 Å². The number of para-hydroxylation sites is 1. The molecule has 2 amide bonds. The van der Waals surface area contributed by atoms with Crippen molar-refractivity contribution in [2.24, 2.45) is 11.3 Å². The summed E-state index contributed by atoms with van der Waals surface area (Å²) < 4.78 is 11.5. The topological polar surface area (TPSA) is 93.7 Å². The fraction of sp³-hybridized carbons (Fsp3) is 0.395. The highest BCUT2D eigenvalue weighted by Gasteiger charge is 2.35. The van der Waals surface area contributed by atoms with Gasteiger partial charge < -0.3 is 20.1 Å². The second kappa shape index (κ2) is 15.6. The Hall–Kier alpha value is -4.39. The summed E-state index contributed by atoms with van der Waals surface area (Å²) in [5, 5.41) is 6.00. The molecule has 240 valence electrons. The highest BCUT2D eigenvalue weighted by atomic mass is 16.6. The summed E-state index contributed by atoms with van der Waals surface area (Å²) in [7, 11) is 0. The third-order valence-electron chi connectivity index (χ3n) is 7.18. The maximum absolute atomic E-state index is 13.7. The van der Waals surface area contributed by atoms with Gasteiger partial charge in [0.05, 0.1) is 18.4 Å². The van der Waals surface area contributed by atoms with E-state index in [2.05, 4.69) is 10.6 Å². The van der Waals surface area contributed by atoms with Crippen molar-refractivity contribution in [3.63, 3.8) is 0 Å². The molecule has 0 spiro atoms. The van der Waals surface area contributed by atoms with Crippen LogP contribution in [0.25, 0.3) is 6.08 Å². The van der Waals surface area contributed by atoms with Crippen molar-refractivity contribution in [1.82, 2.24) is 10.6 Å². The first kappa shape index (κ1) is 35.1. The Morgan fingerprint density at radius 3 is 2.02 bits per heavy atom. The maximum Gasteiger partial charge on any atom is 0.307 e. The van der Waals surface area contributed by atoms with Gasteiger partial charge in [0.25, 0.3) is 0 Å². The number of nitrogens with one attached hydrogen (secondary N) is 2. The van der Waals surface area contributed by atoms with E-state index in [1.54, 1.807) is 20.8 Å². The van der Waals surface area contributed by atoms with E-state index < -0.39 is 28.9 Å². The van der Waals surface area contributed by atoms with Gasteiger partial charge in [-0.25, -0.2) is 0 Å². The van der Waals surface area contributed by atoms with Crippen molar-refractivity contribution in [3.8, 4) is 11.5 Å². The van der Waals surface area contributed by atoms with Crippen LogP contribution in [-0.2, 0) is 19.1 Å². The van der Waals surface area contributed by atoms with Gasteiger partial charge in [0.1, 0.15) is 23.1 Å². The van der Waals surface area contributed by atoms with E-state index in [-0.39, 0.29) is 30.7 Å². The first-order valence-corrected chi connectivity index (χ1v) is 15.5. The number of rotatable bonds is 12. The van der Waals surface area contributed by atoms with Gasteiger partial charge in [-0.3, -0.25) is 14.4 Å². The first-order valence-electron chi connectivity index (χ1n) is 15.5. The molecule has 2 N–H and O–H groups in total. The van der Waals surface area contributed by atoms with Crippen molar-refractivity contribution in [2.75, 3.05) is 0 Å². The van der Waals surface area contributed by atoms with Crippen LogP contribution in [0.1, 0.15) is 84.0 Å². The van der Waals surface area contributed by atoms with Crippen molar-refractivity contribution in [1.29, 1.82) is 0 Å². The number of allylic oxidation sites excluding steroid dienone is 1. The van der Waals surface area contributed by atoms with Crippen LogP contribution < -0.4 is 15.4 Å².